The first-order valence-electron chi connectivity index (χ1n) is 7.18. The van der Waals surface area contributed by atoms with Gasteiger partial charge in [0.15, 0.2) is 0 Å². The number of pyridine rings is 1. The van der Waals surface area contributed by atoms with Gasteiger partial charge < -0.3 is 14.8 Å². The van der Waals surface area contributed by atoms with Crippen LogP contribution in [0.3, 0.4) is 0 Å². The first-order valence-corrected chi connectivity index (χ1v) is 8.76. The van der Waals surface area contributed by atoms with E-state index < -0.39 is 11.7 Å². The second kappa shape index (κ2) is 7.17. The molecule has 1 fully saturated rings. The van der Waals surface area contributed by atoms with Crippen LogP contribution in [0.2, 0.25) is 0 Å². The van der Waals surface area contributed by atoms with Crippen LogP contribution in [0.5, 0.6) is 5.88 Å². The second-order valence-corrected chi connectivity index (χ2v) is 8.11. The topological polar surface area (TPSA) is 60.5 Å². The van der Waals surface area contributed by atoms with Gasteiger partial charge in [0.1, 0.15) is 12.2 Å². The Morgan fingerprint density at radius 3 is 2.68 bits per heavy atom. The number of rotatable bonds is 5. The summed E-state index contributed by atoms with van der Waals surface area (Å²) in [4.78, 5) is 16.1. The van der Waals surface area contributed by atoms with Crippen LogP contribution in [-0.2, 0) is 4.74 Å². The average molecular weight is 436 g/mol. The van der Waals surface area contributed by atoms with Gasteiger partial charge >= 0.3 is 6.09 Å². The summed E-state index contributed by atoms with van der Waals surface area (Å²) in [6, 6.07) is 1.81. The van der Waals surface area contributed by atoms with E-state index in [1.54, 1.807) is 6.20 Å². The Morgan fingerprint density at radius 2 is 2.14 bits per heavy atom. The van der Waals surface area contributed by atoms with Crippen LogP contribution >= 0.6 is 31.9 Å². The van der Waals surface area contributed by atoms with Crippen molar-refractivity contribution in [3.8, 4) is 5.88 Å². The van der Waals surface area contributed by atoms with Crippen molar-refractivity contribution >= 4 is 38.0 Å². The Balaban J connectivity index is 1.91. The van der Waals surface area contributed by atoms with Crippen LogP contribution in [0.25, 0.3) is 0 Å². The van der Waals surface area contributed by atoms with Gasteiger partial charge in [0, 0.05) is 10.7 Å². The second-order valence-electron chi connectivity index (χ2n) is 6.34. The molecule has 2 rings (SSSR count). The fraction of sp³-hybridized carbons (Fsp3) is 0.600. The zero-order valence-electron chi connectivity index (χ0n) is 12.9. The molecule has 7 heteroatoms. The van der Waals surface area contributed by atoms with E-state index in [0.717, 1.165) is 21.8 Å². The van der Waals surface area contributed by atoms with Gasteiger partial charge in [-0.1, -0.05) is 0 Å². The van der Waals surface area contributed by atoms with Gasteiger partial charge in [-0.2, -0.15) is 0 Å². The maximum Gasteiger partial charge on any atom is 0.408 e. The van der Waals surface area contributed by atoms with E-state index in [-0.39, 0.29) is 6.04 Å². The van der Waals surface area contributed by atoms with Crippen molar-refractivity contribution in [3.05, 3.63) is 21.2 Å². The molecule has 22 heavy (non-hydrogen) atoms. The number of nitrogens with zero attached hydrogens (tertiary/aromatic N) is 1. The number of carbonyl (C=O) groups excluding carboxylic acids is 1. The Bertz CT molecular complexity index is 542. The summed E-state index contributed by atoms with van der Waals surface area (Å²) in [6.45, 7) is 5.91. The smallest absolute Gasteiger partial charge is 0.408 e. The van der Waals surface area contributed by atoms with Gasteiger partial charge in [-0.05, 0) is 77.5 Å². The zero-order chi connectivity index (χ0) is 16.3. The van der Waals surface area contributed by atoms with Crippen LogP contribution in [0.1, 0.15) is 33.6 Å². The molecule has 0 aromatic carbocycles. The van der Waals surface area contributed by atoms with Crippen molar-refractivity contribution in [2.75, 3.05) is 6.61 Å². The fourth-order valence-corrected chi connectivity index (χ4v) is 3.03. The maximum absolute atomic E-state index is 11.9. The van der Waals surface area contributed by atoms with Crippen molar-refractivity contribution in [1.29, 1.82) is 0 Å². The lowest BCUT2D eigenvalue weighted by atomic mass is 10.2. The summed E-state index contributed by atoms with van der Waals surface area (Å²) in [5.41, 5.74) is -0.505. The molecule has 1 amide bonds. The zero-order valence-corrected chi connectivity index (χ0v) is 16.0. The summed E-state index contributed by atoms with van der Waals surface area (Å²) in [5, 5.41) is 2.90. The molecule has 1 unspecified atom stereocenters. The van der Waals surface area contributed by atoms with Crippen LogP contribution < -0.4 is 10.1 Å². The molecule has 1 aromatic heterocycles. The molecular weight excluding hydrogens is 416 g/mol. The van der Waals surface area contributed by atoms with Gasteiger partial charge in [-0.25, -0.2) is 9.78 Å². The van der Waals surface area contributed by atoms with Crippen LogP contribution in [0.15, 0.2) is 21.2 Å². The van der Waals surface area contributed by atoms with E-state index in [2.05, 4.69) is 42.2 Å². The van der Waals surface area contributed by atoms with Crippen molar-refractivity contribution in [2.24, 2.45) is 5.92 Å². The van der Waals surface area contributed by atoms with Gasteiger partial charge in [0.2, 0.25) is 5.88 Å². The van der Waals surface area contributed by atoms with E-state index in [0.29, 0.717) is 18.4 Å². The van der Waals surface area contributed by atoms with Crippen LogP contribution in [0, 0.1) is 5.92 Å². The Kier molecular flexibility index (Phi) is 5.71. The fourth-order valence-electron chi connectivity index (χ4n) is 1.93. The predicted molar refractivity (Wildman–Crippen MR) is 91.0 cm³/mol. The predicted octanol–water partition coefficient (Wildman–Crippen LogP) is 4.29. The number of amides is 1. The van der Waals surface area contributed by atoms with Crippen LogP contribution in [-0.4, -0.2) is 29.3 Å². The minimum absolute atomic E-state index is 0.0628. The number of carbonyl (C=O) groups is 1. The molecule has 5 nitrogen and oxygen atoms in total. The first-order chi connectivity index (χ1) is 10.2. The maximum atomic E-state index is 11.9. The largest absolute Gasteiger partial charge is 0.475 e. The number of ether oxygens (including phenoxy) is 2. The lowest BCUT2D eigenvalue weighted by molar-refractivity contribution is 0.0478. The molecule has 1 saturated carbocycles. The highest BCUT2D eigenvalue weighted by Gasteiger charge is 2.34. The molecule has 1 aliphatic rings. The summed E-state index contributed by atoms with van der Waals surface area (Å²) in [5.74, 6) is 0.960. The summed E-state index contributed by atoms with van der Waals surface area (Å²) in [6.07, 6.45) is 3.46. The molecule has 1 aromatic rings. The third kappa shape index (κ3) is 5.76. The molecule has 0 spiro atoms. The van der Waals surface area contributed by atoms with Crippen LogP contribution in [0.4, 0.5) is 4.79 Å². The Morgan fingerprint density at radius 1 is 1.45 bits per heavy atom. The molecule has 1 aliphatic carbocycles. The molecule has 0 bridgehead atoms. The standard InChI is InChI=1S/C15H20Br2N2O3/c1-15(2,3)22-14(20)19-12(9-4-5-9)8-21-13-11(17)6-10(16)7-18-13/h6-7,9,12H,4-5,8H2,1-3H3,(H,19,20). The van der Waals surface area contributed by atoms with E-state index >= 15 is 0 Å². The highest BCUT2D eigenvalue weighted by Crippen LogP contribution is 2.33. The van der Waals surface area contributed by atoms with E-state index in [1.165, 1.54) is 0 Å². The number of halogens is 2. The summed E-state index contributed by atoms with van der Waals surface area (Å²) >= 11 is 6.76. The molecule has 1 N–H and O–H groups in total. The van der Waals surface area contributed by atoms with E-state index in [9.17, 15) is 4.79 Å². The lowest BCUT2D eigenvalue weighted by Gasteiger charge is -2.23. The Labute approximate surface area is 147 Å². The van der Waals surface area contributed by atoms with Crippen molar-refractivity contribution < 1.29 is 14.3 Å². The quantitative estimate of drug-likeness (QED) is 0.749. The van der Waals surface area contributed by atoms with Gasteiger partial charge in [0.25, 0.3) is 0 Å². The van der Waals surface area contributed by atoms with Gasteiger partial charge in [0.05, 0.1) is 10.5 Å². The number of alkyl carbamates (subject to hydrolysis) is 1. The SMILES string of the molecule is CC(C)(C)OC(=O)NC(COc1ncc(Br)cc1Br)C1CC1. The monoisotopic (exact) mass is 434 g/mol. The number of hydrogen-bond acceptors (Lipinski definition) is 4. The molecule has 122 valence electrons. The molecule has 0 saturated heterocycles. The highest BCUT2D eigenvalue weighted by atomic mass is 79.9. The third-order valence-corrected chi connectivity index (χ3v) is 4.07. The van der Waals surface area contributed by atoms with Crippen molar-refractivity contribution in [2.45, 2.75) is 45.3 Å². The molecular formula is C15H20Br2N2O3. The Hall–Kier alpha value is -0.820. The van der Waals surface area contributed by atoms with E-state index in [1.807, 2.05) is 26.8 Å². The molecule has 1 heterocycles. The normalized spacial score (nSPS) is 16.0. The summed E-state index contributed by atoms with van der Waals surface area (Å²) in [7, 11) is 0. The number of hydrogen-bond donors (Lipinski definition) is 1. The first kappa shape index (κ1) is 17.5. The minimum atomic E-state index is -0.505. The minimum Gasteiger partial charge on any atom is -0.475 e. The molecule has 0 aliphatic heterocycles. The number of nitrogens with one attached hydrogen (secondary N) is 1. The highest BCUT2D eigenvalue weighted by molar-refractivity contribution is 9.11. The van der Waals surface area contributed by atoms with Crippen molar-refractivity contribution in [1.82, 2.24) is 10.3 Å². The average Bonchev–Trinajstić information content (AvgIpc) is 3.18. The van der Waals surface area contributed by atoms with Gasteiger partial charge in [-0.3, -0.25) is 0 Å². The summed E-state index contributed by atoms with van der Waals surface area (Å²) < 4.78 is 12.7. The third-order valence-electron chi connectivity index (χ3n) is 3.07. The van der Waals surface area contributed by atoms with Gasteiger partial charge in [-0.15, -0.1) is 0 Å². The molecule has 1 atom stereocenters. The van der Waals surface area contributed by atoms with E-state index in [4.69, 9.17) is 9.47 Å². The number of aromatic nitrogens is 1. The molecule has 0 radical (unpaired) electrons. The lowest BCUT2D eigenvalue weighted by Crippen LogP contribution is -2.43. The van der Waals surface area contributed by atoms with Crippen molar-refractivity contribution in [3.63, 3.8) is 0 Å².